The maximum absolute atomic E-state index is 8.99. The Kier molecular flexibility index (Phi) is 2.32. The molecule has 4 rings (SSSR count). The van der Waals surface area contributed by atoms with Crippen LogP contribution in [0.1, 0.15) is 11.9 Å². The van der Waals surface area contributed by atoms with Gasteiger partial charge in [0.1, 0.15) is 6.07 Å². The summed E-state index contributed by atoms with van der Waals surface area (Å²) < 4.78 is 3.39. The van der Waals surface area contributed by atoms with Crippen molar-refractivity contribution in [2.75, 3.05) is 0 Å². The van der Waals surface area contributed by atoms with Gasteiger partial charge < -0.3 is 4.57 Å². The fourth-order valence-corrected chi connectivity index (χ4v) is 3.63. The van der Waals surface area contributed by atoms with Gasteiger partial charge in [-0.15, -0.1) is 11.3 Å². The van der Waals surface area contributed by atoms with E-state index in [0.717, 1.165) is 16.8 Å². The van der Waals surface area contributed by atoms with Crippen LogP contribution < -0.4 is 0 Å². The fourth-order valence-electron chi connectivity index (χ4n) is 2.86. The molecule has 2 heterocycles. The fraction of sp³-hybridized carbons (Fsp3) is 0.125. The first-order chi connectivity index (χ1) is 9.81. The molecule has 0 aliphatic carbocycles. The number of nitrogens with zero attached hydrogens (tertiary/aromatic N) is 3. The van der Waals surface area contributed by atoms with Gasteiger partial charge in [-0.05, 0) is 25.1 Å². The third kappa shape index (κ3) is 1.41. The summed E-state index contributed by atoms with van der Waals surface area (Å²) in [6.45, 7) is 3.09. The zero-order chi connectivity index (χ0) is 13.7. The molecule has 0 saturated heterocycles. The first-order valence-electron chi connectivity index (χ1n) is 6.53. The van der Waals surface area contributed by atoms with Gasteiger partial charge in [-0.1, -0.05) is 18.2 Å². The number of fused-ring (bicyclic) bond motifs is 4. The molecule has 4 aromatic rings. The number of hydrogen-bond donors (Lipinski definition) is 0. The molecule has 96 valence electrons. The van der Waals surface area contributed by atoms with Gasteiger partial charge in [-0.2, -0.15) is 5.26 Å². The number of thiazole rings is 1. The number of hydrogen-bond acceptors (Lipinski definition) is 3. The minimum atomic E-state index is 0.528. The zero-order valence-electron chi connectivity index (χ0n) is 10.9. The van der Waals surface area contributed by atoms with Crippen molar-refractivity contribution in [3.63, 3.8) is 0 Å². The Labute approximate surface area is 119 Å². The van der Waals surface area contributed by atoms with E-state index < -0.39 is 0 Å². The normalized spacial score (nSPS) is 11.4. The lowest BCUT2D eigenvalue weighted by atomic mass is 10.1. The van der Waals surface area contributed by atoms with Crippen molar-refractivity contribution in [3.05, 3.63) is 41.4 Å². The highest BCUT2D eigenvalue weighted by atomic mass is 32.1. The molecule has 0 fully saturated rings. The van der Waals surface area contributed by atoms with E-state index in [0.29, 0.717) is 5.01 Å². The van der Waals surface area contributed by atoms with Crippen molar-refractivity contribution in [2.24, 2.45) is 0 Å². The molecule has 2 aromatic carbocycles. The molecule has 0 N–H and O–H groups in total. The first kappa shape index (κ1) is 11.4. The number of para-hydroxylation sites is 1. The molecule has 0 aliphatic heterocycles. The Morgan fingerprint density at radius 2 is 2.05 bits per heavy atom. The number of rotatable bonds is 1. The third-order valence-electron chi connectivity index (χ3n) is 3.69. The second kappa shape index (κ2) is 4.06. The number of benzene rings is 2. The van der Waals surface area contributed by atoms with E-state index in [4.69, 9.17) is 5.26 Å². The van der Waals surface area contributed by atoms with Crippen molar-refractivity contribution in [1.82, 2.24) is 9.55 Å². The summed E-state index contributed by atoms with van der Waals surface area (Å²) in [5.41, 5.74) is 3.38. The highest BCUT2D eigenvalue weighted by Crippen LogP contribution is 2.33. The Morgan fingerprint density at radius 1 is 1.20 bits per heavy atom. The van der Waals surface area contributed by atoms with E-state index >= 15 is 0 Å². The van der Waals surface area contributed by atoms with E-state index in [9.17, 15) is 0 Å². The summed E-state index contributed by atoms with van der Waals surface area (Å²) in [5.74, 6) is 0. The van der Waals surface area contributed by atoms with Crippen molar-refractivity contribution in [3.8, 4) is 6.07 Å². The number of nitriles is 1. The van der Waals surface area contributed by atoms with Gasteiger partial charge in [0, 0.05) is 22.8 Å². The topological polar surface area (TPSA) is 41.6 Å². The summed E-state index contributed by atoms with van der Waals surface area (Å²) >= 11 is 1.46. The summed E-state index contributed by atoms with van der Waals surface area (Å²) in [6, 6.07) is 14.8. The Hall–Kier alpha value is -2.38. The van der Waals surface area contributed by atoms with Gasteiger partial charge in [0.05, 0.1) is 15.7 Å². The van der Waals surface area contributed by atoms with E-state index in [1.54, 1.807) is 0 Å². The highest BCUT2D eigenvalue weighted by Gasteiger charge is 2.12. The van der Waals surface area contributed by atoms with E-state index in [2.05, 4.69) is 58.9 Å². The molecule has 2 aromatic heterocycles. The van der Waals surface area contributed by atoms with Gasteiger partial charge in [-0.25, -0.2) is 4.98 Å². The quantitative estimate of drug-likeness (QED) is 0.520. The van der Waals surface area contributed by atoms with Crippen molar-refractivity contribution in [1.29, 1.82) is 5.26 Å². The van der Waals surface area contributed by atoms with Crippen LogP contribution in [0.4, 0.5) is 0 Å². The molecular weight excluding hydrogens is 266 g/mol. The molecule has 0 spiro atoms. The first-order valence-corrected chi connectivity index (χ1v) is 7.35. The molecule has 0 bridgehead atoms. The maximum Gasteiger partial charge on any atom is 0.195 e. The summed E-state index contributed by atoms with van der Waals surface area (Å²) in [6.07, 6.45) is 0. The average molecular weight is 277 g/mol. The van der Waals surface area contributed by atoms with Crippen LogP contribution in [0, 0.1) is 11.3 Å². The lowest BCUT2D eigenvalue weighted by Gasteiger charge is -2.02. The van der Waals surface area contributed by atoms with E-state index in [-0.39, 0.29) is 0 Å². The van der Waals surface area contributed by atoms with Gasteiger partial charge in [-0.3, -0.25) is 0 Å². The lowest BCUT2D eigenvalue weighted by molar-refractivity contribution is 0.827. The molecule has 0 radical (unpaired) electrons. The smallest absolute Gasteiger partial charge is 0.195 e. The number of aryl methyl sites for hydroxylation is 1. The minimum absolute atomic E-state index is 0.528. The standard InChI is InChI=1S/C16H11N3S/c1-2-19-13-6-4-3-5-10(13)11-7-12-15(8-14(11)19)20-16(9-17)18-12/h3-8H,2H2,1H3. The second-order valence-corrected chi connectivity index (χ2v) is 5.76. The molecular formula is C16H11N3S. The molecule has 20 heavy (non-hydrogen) atoms. The van der Waals surface area contributed by atoms with Crippen LogP contribution in [0.2, 0.25) is 0 Å². The van der Waals surface area contributed by atoms with Crippen LogP contribution in [0.3, 0.4) is 0 Å². The molecule has 0 atom stereocenters. The van der Waals surface area contributed by atoms with Crippen LogP contribution in [-0.4, -0.2) is 9.55 Å². The minimum Gasteiger partial charge on any atom is -0.341 e. The zero-order valence-corrected chi connectivity index (χ0v) is 11.7. The predicted octanol–water partition coefficient (Wildman–Crippen LogP) is 4.30. The number of aromatic nitrogens is 2. The summed E-state index contributed by atoms with van der Waals surface area (Å²) in [4.78, 5) is 4.37. The van der Waals surface area contributed by atoms with Gasteiger partial charge in [0.25, 0.3) is 0 Å². The highest BCUT2D eigenvalue weighted by molar-refractivity contribution is 7.19. The molecule has 3 nitrogen and oxygen atoms in total. The summed E-state index contributed by atoms with van der Waals surface area (Å²) in [7, 11) is 0. The van der Waals surface area contributed by atoms with Crippen LogP contribution in [0.25, 0.3) is 32.0 Å². The Morgan fingerprint density at radius 3 is 2.85 bits per heavy atom. The maximum atomic E-state index is 8.99. The molecule has 0 amide bonds. The average Bonchev–Trinajstić information content (AvgIpc) is 3.02. The molecule has 0 unspecified atom stereocenters. The summed E-state index contributed by atoms with van der Waals surface area (Å²) in [5, 5.41) is 12.0. The van der Waals surface area contributed by atoms with Gasteiger partial charge in [0.2, 0.25) is 0 Å². The van der Waals surface area contributed by atoms with Gasteiger partial charge >= 0.3 is 0 Å². The van der Waals surface area contributed by atoms with Crippen LogP contribution in [0.15, 0.2) is 36.4 Å². The lowest BCUT2D eigenvalue weighted by Crippen LogP contribution is -1.92. The monoisotopic (exact) mass is 277 g/mol. The van der Waals surface area contributed by atoms with Crippen molar-refractivity contribution in [2.45, 2.75) is 13.5 Å². The molecule has 0 aliphatic rings. The SMILES string of the molecule is CCn1c2ccccc2c2cc3nc(C#N)sc3cc21. The molecule has 4 heteroatoms. The Balaban J connectivity index is 2.23. The van der Waals surface area contributed by atoms with Crippen molar-refractivity contribution < 1.29 is 0 Å². The van der Waals surface area contributed by atoms with Crippen LogP contribution in [0.5, 0.6) is 0 Å². The van der Waals surface area contributed by atoms with Crippen LogP contribution in [-0.2, 0) is 6.54 Å². The second-order valence-electron chi connectivity index (χ2n) is 4.73. The van der Waals surface area contributed by atoms with Crippen LogP contribution >= 0.6 is 11.3 Å². The largest absolute Gasteiger partial charge is 0.341 e. The third-order valence-corrected chi connectivity index (χ3v) is 4.62. The van der Waals surface area contributed by atoms with Crippen molar-refractivity contribution >= 4 is 43.4 Å². The van der Waals surface area contributed by atoms with E-state index in [1.807, 2.05) is 0 Å². The van der Waals surface area contributed by atoms with Gasteiger partial charge in [0.15, 0.2) is 5.01 Å². The Bertz CT molecular complexity index is 1000. The van der Waals surface area contributed by atoms with E-state index in [1.165, 1.54) is 33.1 Å². The predicted molar refractivity (Wildman–Crippen MR) is 83.0 cm³/mol. The molecule has 0 saturated carbocycles.